The Morgan fingerprint density at radius 3 is 2.67 bits per heavy atom. The van der Waals surface area contributed by atoms with Crippen molar-refractivity contribution in [2.24, 2.45) is 16.6 Å². The van der Waals surface area contributed by atoms with Crippen LogP contribution >= 0.6 is 0 Å². The Morgan fingerprint density at radius 1 is 1.25 bits per heavy atom. The van der Waals surface area contributed by atoms with Gasteiger partial charge in [-0.1, -0.05) is 19.1 Å². The van der Waals surface area contributed by atoms with E-state index in [0.717, 1.165) is 35.1 Å². The lowest BCUT2D eigenvalue weighted by atomic mass is 9.69. The number of carbonyl (C=O) groups is 1. The Kier molecular flexibility index (Phi) is 3.16. The lowest BCUT2D eigenvalue weighted by Crippen LogP contribution is -2.46. The van der Waals surface area contributed by atoms with Crippen molar-refractivity contribution in [3.8, 4) is 11.1 Å². The van der Waals surface area contributed by atoms with Crippen LogP contribution in [0.5, 0.6) is 0 Å². The van der Waals surface area contributed by atoms with Crippen molar-refractivity contribution < 1.29 is 4.79 Å². The molecule has 6 nitrogen and oxygen atoms in total. The zero-order valence-corrected chi connectivity index (χ0v) is 13.7. The highest BCUT2D eigenvalue weighted by Crippen LogP contribution is 2.47. The molecule has 0 fully saturated rings. The molecule has 1 amide bonds. The van der Waals surface area contributed by atoms with Crippen molar-refractivity contribution in [2.45, 2.75) is 25.3 Å². The maximum absolute atomic E-state index is 13.0. The SMILES string of the molecule is CC1CCc2ccc(-c3cncnc3)cc2[C@]12N=C(N)N(C)C2=O. The first-order chi connectivity index (χ1) is 11.5. The summed E-state index contributed by atoms with van der Waals surface area (Å²) in [6.45, 7) is 2.08. The molecule has 0 saturated carbocycles. The maximum atomic E-state index is 13.0. The smallest absolute Gasteiger partial charge is 0.261 e. The normalized spacial score (nSPS) is 25.8. The molecular weight excluding hydrogens is 302 g/mol. The molecule has 6 heteroatoms. The van der Waals surface area contributed by atoms with E-state index in [1.54, 1.807) is 19.4 Å². The quantitative estimate of drug-likeness (QED) is 0.866. The molecule has 24 heavy (non-hydrogen) atoms. The van der Waals surface area contributed by atoms with E-state index in [9.17, 15) is 4.79 Å². The van der Waals surface area contributed by atoms with Crippen molar-refractivity contribution in [3.63, 3.8) is 0 Å². The molecule has 1 aliphatic carbocycles. The summed E-state index contributed by atoms with van der Waals surface area (Å²) in [5.74, 6) is 0.339. The van der Waals surface area contributed by atoms with Crippen LogP contribution in [0, 0.1) is 5.92 Å². The van der Waals surface area contributed by atoms with E-state index in [4.69, 9.17) is 5.73 Å². The number of carbonyl (C=O) groups excluding carboxylic acids is 1. The summed E-state index contributed by atoms with van der Waals surface area (Å²) >= 11 is 0. The molecular formula is C18H19N5O. The molecule has 0 bridgehead atoms. The van der Waals surface area contributed by atoms with E-state index in [-0.39, 0.29) is 17.8 Å². The van der Waals surface area contributed by atoms with Gasteiger partial charge in [0.2, 0.25) is 0 Å². The Morgan fingerprint density at radius 2 is 2.00 bits per heavy atom. The predicted octanol–water partition coefficient (Wildman–Crippen LogP) is 1.71. The topological polar surface area (TPSA) is 84.5 Å². The molecule has 0 radical (unpaired) electrons. The van der Waals surface area contributed by atoms with Crippen LogP contribution in [0.1, 0.15) is 24.5 Å². The average molecular weight is 321 g/mol. The van der Waals surface area contributed by atoms with Crippen LogP contribution < -0.4 is 5.73 Å². The van der Waals surface area contributed by atoms with Crippen LogP contribution in [-0.2, 0) is 16.8 Å². The van der Waals surface area contributed by atoms with Crippen molar-refractivity contribution in [1.82, 2.24) is 14.9 Å². The molecule has 122 valence electrons. The Hall–Kier alpha value is -2.76. The van der Waals surface area contributed by atoms with Crippen LogP contribution in [0.25, 0.3) is 11.1 Å². The number of nitrogens with two attached hydrogens (primary N) is 1. The minimum Gasteiger partial charge on any atom is -0.369 e. The highest BCUT2D eigenvalue weighted by atomic mass is 16.2. The minimum absolute atomic E-state index is 0.0464. The summed E-state index contributed by atoms with van der Waals surface area (Å²) < 4.78 is 0. The predicted molar refractivity (Wildman–Crippen MR) is 91.0 cm³/mol. The number of hydrogen-bond donors (Lipinski definition) is 1. The van der Waals surface area contributed by atoms with Gasteiger partial charge in [-0.05, 0) is 41.5 Å². The number of nitrogens with zero attached hydrogens (tertiary/aromatic N) is 4. The fourth-order valence-electron chi connectivity index (χ4n) is 3.78. The standard InChI is InChI=1S/C18H19N5O/c1-11-3-4-12-5-6-13(14-8-20-10-21-9-14)7-15(12)18(11)16(24)23(2)17(19)22-18/h5-11H,3-4H2,1-2H3,(H2,19,22)/t11?,18-/m1/s1. The first-order valence-corrected chi connectivity index (χ1v) is 8.06. The highest BCUT2D eigenvalue weighted by molar-refractivity contribution is 6.07. The second-order valence-electron chi connectivity index (χ2n) is 6.54. The molecule has 2 atom stereocenters. The fraction of sp³-hybridized carbons (Fsp3) is 0.333. The zero-order chi connectivity index (χ0) is 16.9. The number of benzene rings is 1. The average Bonchev–Trinajstić information content (AvgIpc) is 2.84. The molecule has 2 heterocycles. The number of likely N-dealkylation sites (N-methyl/N-ethyl adjacent to an activating group) is 1. The molecule has 1 unspecified atom stereocenters. The van der Waals surface area contributed by atoms with Crippen LogP contribution in [0.4, 0.5) is 0 Å². The third kappa shape index (κ3) is 1.89. The number of aromatic nitrogens is 2. The number of aryl methyl sites for hydroxylation is 1. The van der Waals surface area contributed by atoms with Gasteiger partial charge in [0.25, 0.3) is 5.91 Å². The summed E-state index contributed by atoms with van der Waals surface area (Å²) in [7, 11) is 1.69. The summed E-state index contributed by atoms with van der Waals surface area (Å²) in [5.41, 5.74) is 9.10. The lowest BCUT2D eigenvalue weighted by Gasteiger charge is -2.37. The monoisotopic (exact) mass is 321 g/mol. The van der Waals surface area contributed by atoms with Gasteiger partial charge in [0.15, 0.2) is 11.5 Å². The third-order valence-corrected chi connectivity index (χ3v) is 5.24. The van der Waals surface area contributed by atoms with Gasteiger partial charge in [-0.25, -0.2) is 15.0 Å². The second-order valence-corrected chi connectivity index (χ2v) is 6.54. The van der Waals surface area contributed by atoms with E-state index in [2.05, 4.69) is 40.1 Å². The number of guanidine groups is 1. The van der Waals surface area contributed by atoms with Crippen molar-refractivity contribution in [3.05, 3.63) is 48.0 Å². The summed E-state index contributed by atoms with van der Waals surface area (Å²) in [4.78, 5) is 27.3. The molecule has 1 aromatic carbocycles. The third-order valence-electron chi connectivity index (χ3n) is 5.24. The first-order valence-electron chi connectivity index (χ1n) is 8.06. The highest BCUT2D eigenvalue weighted by Gasteiger charge is 2.54. The van der Waals surface area contributed by atoms with Crippen LogP contribution in [0.3, 0.4) is 0 Å². The van der Waals surface area contributed by atoms with Crippen molar-refractivity contribution >= 4 is 11.9 Å². The van der Waals surface area contributed by atoms with Gasteiger partial charge in [0.1, 0.15) is 6.33 Å². The van der Waals surface area contributed by atoms with Gasteiger partial charge in [-0.2, -0.15) is 0 Å². The number of amides is 1. The molecule has 1 aliphatic heterocycles. The van der Waals surface area contributed by atoms with Gasteiger partial charge < -0.3 is 5.73 Å². The number of aliphatic imine (C=N–C) groups is 1. The van der Waals surface area contributed by atoms with Gasteiger partial charge in [0, 0.05) is 25.0 Å². The Balaban J connectivity index is 1.93. The number of fused-ring (bicyclic) bond motifs is 2. The first kappa shape index (κ1) is 14.8. The molecule has 2 aliphatic rings. The maximum Gasteiger partial charge on any atom is 0.261 e. The molecule has 2 N–H and O–H groups in total. The molecule has 4 rings (SSSR count). The van der Waals surface area contributed by atoms with E-state index >= 15 is 0 Å². The van der Waals surface area contributed by atoms with Crippen LogP contribution in [0.2, 0.25) is 0 Å². The van der Waals surface area contributed by atoms with Crippen LogP contribution in [-0.4, -0.2) is 33.8 Å². The zero-order valence-electron chi connectivity index (χ0n) is 13.7. The van der Waals surface area contributed by atoms with E-state index in [0.29, 0.717) is 0 Å². The van der Waals surface area contributed by atoms with Gasteiger partial charge in [-0.3, -0.25) is 9.69 Å². The van der Waals surface area contributed by atoms with Crippen molar-refractivity contribution in [1.29, 1.82) is 0 Å². The molecule has 2 aromatic rings. The van der Waals surface area contributed by atoms with Crippen LogP contribution in [0.15, 0.2) is 41.9 Å². The fourth-order valence-corrected chi connectivity index (χ4v) is 3.78. The summed E-state index contributed by atoms with van der Waals surface area (Å²) in [5, 5.41) is 0. The van der Waals surface area contributed by atoms with Crippen molar-refractivity contribution in [2.75, 3.05) is 7.05 Å². The Bertz CT molecular complexity index is 848. The largest absolute Gasteiger partial charge is 0.369 e. The lowest BCUT2D eigenvalue weighted by molar-refractivity contribution is -0.132. The Labute approximate surface area is 140 Å². The molecule has 0 saturated heterocycles. The van der Waals surface area contributed by atoms with Gasteiger partial charge in [0.05, 0.1) is 0 Å². The van der Waals surface area contributed by atoms with E-state index in [1.807, 2.05) is 0 Å². The van der Waals surface area contributed by atoms with E-state index in [1.165, 1.54) is 11.2 Å². The van der Waals surface area contributed by atoms with Gasteiger partial charge >= 0.3 is 0 Å². The van der Waals surface area contributed by atoms with E-state index < -0.39 is 5.54 Å². The molecule has 1 aromatic heterocycles. The summed E-state index contributed by atoms with van der Waals surface area (Å²) in [6, 6.07) is 6.19. The second kappa shape index (κ2) is 5.12. The summed E-state index contributed by atoms with van der Waals surface area (Å²) in [6.07, 6.45) is 6.90. The minimum atomic E-state index is -0.905. The number of rotatable bonds is 1. The van der Waals surface area contributed by atoms with Gasteiger partial charge in [-0.15, -0.1) is 0 Å². The molecule has 1 spiro atoms. The number of hydrogen-bond acceptors (Lipinski definition) is 5.